The zero-order chi connectivity index (χ0) is 17.5. The molecular weight excluding hydrogens is 471 g/mol. The van der Waals surface area contributed by atoms with Gasteiger partial charge in [-0.05, 0) is 38.5 Å². The van der Waals surface area contributed by atoms with Gasteiger partial charge >= 0.3 is 0 Å². The lowest BCUT2D eigenvalue weighted by atomic mass is 10.1. The van der Waals surface area contributed by atoms with Gasteiger partial charge in [0.25, 0.3) is 0 Å². The number of benzene rings is 1. The molecule has 1 unspecified atom stereocenters. The number of nitrogens with one attached hydrogen (secondary N) is 2. The first-order valence-electron chi connectivity index (χ1n) is 7.88. The third kappa shape index (κ3) is 7.08. The van der Waals surface area contributed by atoms with Gasteiger partial charge in [-0.15, -0.1) is 35.3 Å². The van der Waals surface area contributed by atoms with Crippen molar-refractivity contribution in [3.8, 4) is 0 Å². The SMILES string of the molecule is CCNC(=NCc1nc(C)c(C)s1)NCC(O)c1ccc(Cl)cc1.I. The molecule has 1 aromatic carbocycles. The minimum absolute atomic E-state index is 0. The lowest BCUT2D eigenvalue weighted by Gasteiger charge is -2.15. The van der Waals surface area contributed by atoms with E-state index < -0.39 is 6.10 Å². The highest BCUT2D eigenvalue weighted by Crippen LogP contribution is 2.17. The number of aromatic nitrogens is 1. The Morgan fingerprint density at radius 3 is 2.52 bits per heavy atom. The van der Waals surface area contributed by atoms with Crippen LogP contribution in [0.25, 0.3) is 0 Å². The minimum Gasteiger partial charge on any atom is -0.387 e. The molecule has 0 aliphatic carbocycles. The van der Waals surface area contributed by atoms with Crippen molar-refractivity contribution < 1.29 is 5.11 Å². The van der Waals surface area contributed by atoms with E-state index in [1.165, 1.54) is 4.88 Å². The highest BCUT2D eigenvalue weighted by atomic mass is 127. The smallest absolute Gasteiger partial charge is 0.191 e. The normalized spacial score (nSPS) is 12.4. The summed E-state index contributed by atoms with van der Waals surface area (Å²) in [5.41, 5.74) is 1.87. The van der Waals surface area contributed by atoms with Gasteiger partial charge < -0.3 is 15.7 Å². The first-order valence-corrected chi connectivity index (χ1v) is 9.07. The Morgan fingerprint density at radius 1 is 1.28 bits per heavy atom. The standard InChI is InChI=1S/C17H23ClN4OS.HI/c1-4-19-17(21-10-16-22-11(2)12(3)24-16)20-9-15(23)13-5-7-14(18)8-6-13;/h5-8,15,23H,4,9-10H2,1-3H3,(H2,19,20,21);1H. The maximum absolute atomic E-state index is 10.3. The van der Waals surface area contributed by atoms with E-state index >= 15 is 0 Å². The summed E-state index contributed by atoms with van der Waals surface area (Å²) in [5, 5.41) is 18.2. The lowest BCUT2D eigenvalue weighted by Crippen LogP contribution is -2.39. The van der Waals surface area contributed by atoms with Crippen molar-refractivity contribution in [2.45, 2.75) is 33.4 Å². The van der Waals surface area contributed by atoms with Crippen LogP contribution in [0.2, 0.25) is 5.02 Å². The fourth-order valence-corrected chi connectivity index (χ4v) is 3.08. The zero-order valence-electron chi connectivity index (χ0n) is 14.5. The number of aryl methyl sites for hydroxylation is 2. The molecule has 0 radical (unpaired) electrons. The summed E-state index contributed by atoms with van der Waals surface area (Å²) in [7, 11) is 0. The van der Waals surface area contributed by atoms with E-state index in [0.717, 1.165) is 22.8 Å². The van der Waals surface area contributed by atoms with Crippen LogP contribution in [-0.2, 0) is 6.54 Å². The summed E-state index contributed by atoms with van der Waals surface area (Å²) in [6.07, 6.45) is -0.629. The highest BCUT2D eigenvalue weighted by molar-refractivity contribution is 14.0. The maximum Gasteiger partial charge on any atom is 0.191 e. The summed E-state index contributed by atoms with van der Waals surface area (Å²) in [5.74, 6) is 0.663. The fraction of sp³-hybridized carbons (Fsp3) is 0.412. The van der Waals surface area contributed by atoms with E-state index in [-0.39, 0.29) is 24.0 Å². The van der Waals surface area contributed by atoms with Crippen molar-refractivity contribution in [2.24, 2.45) is 4.99 Å². The molecule has 1 atom stereocenters. The predicted molar refractivity (Wildman–Crippen MR) is 116 cm³/mol. The maximum atomic E-state index is 10.3. The fourth-order valence-electron chi connectivity index (χ4n) is 2.09. The molecule has 25 heavy (non-hydrogen) atoms. The van der Waals surface area contributed by atoms with Crippen LogP contribution in [0, 0.1) is 13.8 Å². The van der Waals surface area contributed by atoms with Crippen molar-refractivity contribution in [3.05, 3.63) is 50.4 Å². The summed E-state index contributed by atoms with van der Waals surface area (Å²) >= 11 is 7.53. The molecule has 0 saturated carbocycles. The molecule has 2 rings (SSSR count). The van der Waals surface area contributed by atoms with Gasteiger partial charge in [-0.3, -0.25) is 0 Å². The third-order valence-electron chi connectivity index (χ3n) is 3.51. The molecule has 0 aliphatic heterocycles. The predicted octanol–water partition coefficient (Wildman–Crippen LogP) is 3.82. The molecule has 2 aromatic rings. The summed E-state index contributed by atoms with van der Waals surface area (Å²) in [6, 6.07) is 7.18. The lowest BCUT2D eigenvalue weighted by molar-refractivity contribution is 0.181. The summed E-state index contributed by atoms with van der Waals surface area (Å²) in [4.78, 5) is 10.2. The molecule has 1 aromatic heterocycles. The van der Waals surface area contributed by atoms with Gasteiger partial charge in [-0.25, -0.2) is 9.98 Å². The highest BCUT2D eigenvalue weighted by Gasteiger charge is 2.09. The third-order valence-corrected chi connectivity index (χ3v) is 4.82. The second-order valence-electron chi connectivity index (χ2n) is 5.39. The van der Waals surface area contributed by atoms with Crippen LogP contribution in [-0.4, -0.2) is 29.1 Å². The van der Waals surface area contributed by atoms with Gasteiger partial charge in [0.15, 0.2) is 5.96 Å². The number of aliphatic hydroxyl groups excluding tert-OH is 1. The number of rotatable bonds is 6. The topological polar surface area (TPSA) is 69.5 Å². The van der Waals surface area contributed by atoms with Gasteiger partial charge in [0.1, 0.15) is 5.01 Å². The Hall–Kier alpha value is -0.900. The number of hydrogen-bond acceptors (Lipinski definition) is 4. The van der Waals surface area contributed by atoms with Gasteiger partial charge in [0.2, 0.25) is 0 Å². The minimum atomic E-state index is -0.629. The Morgan fingerprint density at radius 2 is 1.96 bits per heavy atom. The average molecular weight is 495 g/mol. The van der Waals surface area contributed by atoms with Gasteiger partial charge in [-0.1, -0.05) is 23.7 Å². The summed E-state index contributed by atoms with van der Waals surface area (Å²) < 4.78 is 0. The van der Waals surface area contributed by atoms with E-state index in [1.807, 2.05) is 26.0 Å². The van der Waals surface area contributed by atoms with Crippen LogP contribution in [0.3, 0.4) is 0 Å². The van der Waals surface area contributed by atoms with Crippen LogP contribution in [0.4, 0.5) is 0 Å². The van der Waals surface area contributed by atoms with Crippen LogP contribution >= 0.6 is 46.9 Å². The van der Waals surface area contributed by atoms with Crippen molar-refractivity contribution in [2.75, 3.05) is 13.1 Å². The van der Waals surface area contributed by atoms with Gasteiger partial charge in [0.05, 0.1) is 18.3 Å². The second kappa shape index (κ2) is 10.9. The monoisotopic (exact) mass is 494 g/mol. The second-order valence-corrected chi connectivity index (χ2v) is 7.12. The quantitative estimate of drug-likeness (QED) is 0.324. The van der Waals surface area contributed by atoms with E-state index in [9.17, 15) is 5.11 Å². The largest absolute Gasteiger partial charge is 0.387 e. The molecule has 0 spiro atoms. The molecule has 1 heterocycles. The average Bonchev–Trinajstić information content (AvgIpc) is 2.88. The van der Waals surface area contributed by atoms with Crippen LogP contribution < -0.4 is 10.6 Å². The Balaban J connectivity index is 0.00000312. The molecule has 0 bridgehead atoms. The van der Waals surface area contributed by atoms with E-state index in [1.54, 1.807) is 23.5 Å². The molecule has 5 nitrogen and oxygen atoms in total. The number of aliphatic hydroxyl groups is 1. The van der Waals surface area contributed by atoms with Gasteiger partial charge in [0, 0.05) is 23.0 Å². The zero-order valence-corrected chi connectivity index (χ0v) is 18.4. The first kappa shape index (κ1) is 22.1. The molecule has 138 valence electrons. The number of guanidine groups is 1. The van der Waals surface area contributed by atoms with E-state index in [4.69, 9.17) is 11.6 Å². The van der Waals surface area contributed by atoms with Crippen molar-refractivity contribution >= 4 is 52.9 Å². The molecule has 0 fully saturated rings. The van der Waals surface area contributed by atoms with Crippen molar-refractivity contribution in [1.29, 1.82) is 0 Å². The first-order chi connectivity index (χ1) is 11.5. The summed E-state index contributed by atoms with van der Waals surface area (Å²) in [6.45, 7) is 7.70. The number of nitrogens with zero attached hydrogens (tertiary/aromatic N) is 2. The van der Waals surface area contributed by atoms with E-state index in [2.05, 4.69) is 27.5 Å². The Kier molecular flexibility index (Phi) is 9.70. The van der Waals surface area contributed by atoms with E-state index in [0.29, 0.717) is 24.1 Å². The van der Waals surface area contributed by atoms with Crippen LogP contribution in [0.1, 0.15) is 34.2 Å². The van der Waals surface area contributed by atoms with Crippen LogP contribution in [0.5, 0.6) is 0 Å². The van der Waals surface area contributed by atoms with Gasteiger partial charge in [-0.2, -0.15) is 0 Å². The number of aliphatic imine (C=N–C) groups is 1. The molecule has 0 saturated heterocycles. The Labute approximate surface area is 175 Å². The number of thiazole rings is 1. The molecule has 8 heteroatoms. The number of hydrogen-bond donors (Lipinski definition) is 3. The molecule has 0 amide bonds. The Bertz CT molecular complexity index is 671. The van der Waals surface area contributed by atoms with Crippen molar-refractivity contribution in [1.82, 2.24) is 15.6 Å². The van der Waals surface area contributed by atoms with Crippen molar-refractivity contribution in [3.63, 3.8) is 0 Å². The number of halogens is 2. The van der Waals surface area contributed by atoms with Crippen LogP contribution in [0.15, 0.2) is 29.3 Å². The molecule has 0 aliphatic rings. The molecule has 3 N–H and O–H groups in total. The molecular formula is C17H24ClIN4OS.